The van der Waals surface area contributed by atoms with Crippen LogP contribution in [0.4, 0.5) is 5.82 Å². The molecule has 2 unspecified atom stereocenters. The van der Waals surface area contributed by atoms with Crippen molar-refractivity contribution in [2.24, 2.45) is 11.7 Å². The van der Waals surface area contributed by atoms with E-state index < -0.39 is 0 Å². The predicted octanol–water partition coefficient (Wildman–Crippen LogP) is -0.307. The SMILES string of the molecule is CC1CC(CN)CN1c1ccc2nnnn2n1. The average molecular weight is 233 g/mol. The molecule has 0 amide bonds. The zero-order valence-corrected chi connectivity index (χ0v) is 9.69. The van der Waals surface area contributed by atoms with Gasteiger partial charge < -0.3 is 10.6 Å². The minimum atomic E-state index is 0.463. The number of hydrogen-bond acceptors (Lipinski definition) is 6. The van der Waals surface area contributed by atoms with E-state index >= 15 is 0 Å². The van der Waals surface area contributed by atoms with E-state index in [1.165, 1.54) is 4.63 Å². The van der Waals surface area contributed by atoms with Gasteiger partial charge in [0.2, 0.25) is 0 Å². The highest BCUT2D eigenvalue weighted by Gasteiger charge is 2.29. The average Bonchev–Trinajstić information content (AvgIpc) is 2.93. The predicted molar refractivity (Wildman–Crippen MR) is 62.5 cm³/mol. The van der Waals surface area contributed by atoms with Gasteiger partial charge in [0.15, 0.2) is 11.5 Å². The van der Waals surface area contributed by atoms with Crippen LogP contribution in [0.2, 0.25) is 0 Å². The van der Waals surface area contributed by atoms with Crippen LogP contribution in [-0.2, 0) is 0 Å². The maximum atomic E-state index is 5.73. The van der Waals surface area contributed by atoms with Gasteiger partial charge in [0, 0.05) is 12.6 Å². The first kappa shape index (κ1) is 10.4. The summed E-state index contributed by atoms with van der Waals surface area (Å²) in [7, 11) is 0. The van der Waals surface area contributed by atoms with Crippen LogP contribution in [0, 0.1) is 5.92 Å². The van der Waals surface area contributed by atoms with Crippen LogP contribution in [0.1, 0.15) is 13.3 Å². The number of anilines is 1. The molecular formula is C10H15N7. The third-order valence-corrected chi connectivity index (χ3v) is 3.34. The molecule has 0 aromatic carbocycles. The fourth-order valence-electron chi connectivity index (χ4n) is 2.43. The minimum Gasteiger partial charge on any atom is -0.352 e. The molecule has 1 aliphatic rings. The van der Waals surface area contributed by atoms with Gasteiger partial charge >= 0.3 is 0 Å². The topological polar surface area (TPSA) is 85.2 Å². The standard InChI is InChI=1S/C10H15N7/c1-7-4-8(5-11)6-16(7)10-3-2-9-12-14-15-17(9)13-10/h2-3,7-8H,4-6,11H2,1H3. The lowest BCUT2D eigenvalue weighted by Gasteiger charge is -2.21. The number of hydrogen-bond donors (Lipinski definition) is 1. The molecule has 2 N–H and O–H groups in total. The van der Waals surface area contributed by atoms with Crippen LogP contribution in [0.25, 0.3) is 5.65 Å². The Labute approximate surface area is 98.6 Å². The van der Waals surface area contributed by atoms with Crippen molar-refractivity contribution >= 4 is 11.5 Å². The molecule has 0 aliphatic carbocycles. The zero-order valence-electron chi connectivity index (χ0n) is 9.69. The quantitative estimate of drug-likeness (QED) is 0.766. The summed E-state index contributed by atoms with van der Waals surface area (Å²) in [5.41, 5.74) is 6.39. The lowest BCUT2D eigenvalue weighted by molar-refractivity contribution is 0.579. The highest BCUT2D eigenvalue weighted by Crippen LogP contribution is 2.26. The molecule has 1 fully saturated rings. The molecule has 3 heterocycles. The van der Waals surface area contributed by atoms with Crippen molar-refractivity contribution in [2.45, 2.75) is 19.4 Å². The maximum Gasteiger partial charge on any atom is 0.200 e. The molecule has 90 valence electrons. The summed E-state index contributed by atoms with van der Waals surface area (Å²) in [6.45, 7) is 3.88. The molecule has 3 rings (SSSR count). The lowest BCUT2D eigenvalue weighted by Crippen LogP contribution is -2.28. The summed E-state index contributed by atoms with van der Waals surface area (Å²) in [5.74, 6) is 1.46. The Morgan fingerprint density at radius 2 is 2.35 bits per heavy atom. The van der Waals surface area contributed by atoms with Crippen LogP contribution < -0.4 is 10.6 Å². The van der Waals surface area contributed by atoms with Gasteiger partial charge in [-0.05, 0) is 48.4 Å². The Kier molecular flexibility index (Phi) is 2.40. The van der Waals surface area contributed by atoms with Crippen LogP contribution in [-0.4, -0.2) is 44.4 Å². The molecule has 7 heteroatoms. The molecule has 2 aromatic rings. The summed E-state index contributed by atoms with van der Waals surface area (Å²) in [4.78, 5) is 2.26. The Bertz CT molecular complexity index is 522. The second-order valence-electron chi connectivity index (χ2n) is 4.56. The van der Waals surface area contributed by atoms with E-state index in [9.17, 15) is 0 Å². The maximum absolute atomic E-state index is 5.73. The number of nitrogens with two attached hydrogens (primary N) is 1. The van der Waals surface area contributed by atoms with Crippen molar-refractivity contribution in [1.82, 2.24) is 25.3 Å². The smallest absolute Gasteiger partial charge is 0.200 e. The van der Waals surface area contributed by atoms with Crippen molar-refractivity contribution in [3.63, 3.8) is 0 Å². The van der Waals surface area contributed by atoms with E-state index in [4.69, 9.17) is 5.73 Å². The van der Waals surface area contributed by atoms with Crippen molar-refractivity contribution in [3.05, 3.63) is 12.1 Å². The Balaban J connectivity index is 1.92. The van der Waals surface area contributed by atoms with E-state index in [1.807, 2.05) is 12.1 Å². The molecule has 2 atom stereocenters. The third kappa shape index (κ3) is 1.72. The Morgan fingerprint density at radius 1 is 1.47 bits per heavy atom. The van der Waals surface area contributed by atoms with Gasteiger partial charge in [0.05, 0.1) is 0 Å². The van der Waals surface area contributed by atoms with E-state index in [0.717, 1.165) is 25.3 Å². The molecule has 1 saturated heterocycles. The molecule has 17 heavy (non-hydrogen) atoms. The van der Waals surface area contributed by atoms with Gasteiger partial charge in [-0.1, -0.05) is 0 Å². The van der Waals surface area contributed by atoms with Crippen molar-refractivity contribution in [3.8, 4) is 0 Å². The fraction of sp³-hybridized carbons (Fsp3) is 0.600. The normalized spacial score (nSPS) is 24.7. The van der Waals surface area contributed by atoms with Crippen molar-refractivity contribution < 1.29 is 0 Å². The molecule has 2 aromatic heterocycles. The highest BCUT2D eigenvalue weighted by molar-refractivity contribution is 5.45. The first-order valence-electron chi connectivity index (χ1n) is 5.80. The van der Waals surface area contributed by atoms with Crippen molar-refractivity contribution in [1.29, 1.82) is 0 Å². The van der Waals surface area contributed by atoms with E-state index in [-0.39, 0.29) is 0 Å². The van der Waals surface area contributed by atoms with Crippen LogP contribution in [0.15, 0.2) is 12.1 Å². The second-order valence-corrected chi connectivity index (χ2v) is 4.56. The van der Waals surface area contributed by atoms with E-state index in [1.54, 1.807) is 0 Å². The largest absolute Gasteiger partial charge is 0.352 e. The van der Waals surface area contributed by atoms with Gasteiger partial charge in [-0.25, -0.2) is 0 Å². The fourth-order valence-corrected chi connectivity index (χ4v) is 2.43. The zero-order chi connectivity index (χ0) is 11.8. The van der Waals surface area contributed by atoms with Gasteiger partial charge in [0.1, 0.15) is 0 Å². The van der Waals surface area contributed by atoms with Gasteiger partial charge in [-0.2, -0.15) is 0 Å². The van der Waals surface area contributed by atoms with Gasteiger partial charge in [-0.15, -0.1) is 14.8 Å². The Hall–Kier alpha value is -1.76. The van der Waals surface area contributed by atoms with E-state index in [0.29, 0.717) is 17.6 Å². The van der Waals surface area contributed by atoms with Gasteiger partial charge in [0.25, 0.3) is 0 Å². The molecule has 0 radical (unpaired) electrons. The molecule has 7 nitrogen and oxygen atoms in total. The first-order valence-corrected chi connectivity index (χ1v) is 5.80. The highest BCUT2D eigenvalue weighted by atomic mass is 15.6. The molecule has 0 saturated carbocycles. The van der Waals surface area contributed by atoms with E-state index in [2.05, 4.69) is 32.4 Å². The van der Waals surface area contributed by atoms with Crippen LogP contribution in [0.5, 0.6) is 0 Å². The molecule has 1 aliphatic heterocycles. The Morgan fingerprint density at radius 3 is 3.12 bits per heavy atom. The van der Waals surface area contributed by atoms with Crippen LogP contribution >= 0.6 is 0 Å². The third-order valence-electron chi connectivity index (χ3n) is 3.34. The number of tetrazole rings is 1. The summed E-state index contributed by atoms with van der Waals surface area (Å²) in [6.07, 6.45) is 1.12. The monoisotopic (exact) mass is 233 g/mol. The molecule has 0 bridgehead atoms. The molecular weight excluding hydrogens is 218 g/mol. The minimum absolute atomic E-state index is 0.463. The van der Waals surface area contributed by atoms with Crippen LogP contribution in [0.3, 0.4) is 0 Å². The lowest BCUT2D eigenvalue weighted by atomic mass is 10.1. The van der Waals surface area contributed by atoms with Crippen molar-refractivity contribution in [2.75, 3.05) is 18.0 Å². The number of rotatable bonds is 2. The number of nitrogens with zero attached hydrogens (tertiary/aromatic N) is 6. The number of aromatic nitrogens is 5. The molecule has 0 spiro atoms. The number of fused-ring (bicyclic) bond motifs is 1. The summed E-state index contributed by atoms with van der Waals surface area (Å²) < 4.78 is 1.46. The summed E-state index contributed by atoms with van der Waals surface area (Å²) >= 11 is 0. The summed E-state index contributed by atoms with van der Waals surface area (Å²) in [6, 6.07) is 4.30. The summed E-state index contributed by atoms with van der Waals surface area (Å²) in [5, 5.41) is 15.6. The first-order chi connectivity index (χ1) is 8.28. The second kappa shape index (κ2) is 3.92. The van der Waals surface area contributed by atoms with Gasteiger partial charge in [-0.3, -0.25) is 0 Å².